The van der Waals surface area contributed by atoms with Crippen molar-refractivity contribution in [3.05, 3.63) is 40.5 Å². The minimum Gasteiger partial charge on any atom is -0.437 e. The second-order valence-electron chi connectivity index (χ2n) is 3.60. The Kier molecular flexibility index (Phi) is 3.66. The van der Waals surface area contributed by atoms with E-state index in [2.05, 4.69) is 10.2 Å². The summed E-state index contributed by atoms with van der Waals surface area (Å²) in [5, 5.41) is 7.62. The van der Waals surface area contributed by atoms with Gasteiger partial charge in [0.25, 0.3) is 0 Å². The third-order valence-corrected chi connectivity index (χ3v) is 2.72. The quantitative estimate of drug-likeness (QED) is 0.878. The van der Waals surface area contributed by atoms with Crippen molar-refractivity contribution in [3.8, 4) is 11.6 Å². The van der Waals surface area contributed by atoms with Crippen LogP contribution in [0.2, 0.25) is 5.02 Å². The minimum absolute atomic E-state index is 0.426. The predicted molar refractivity (Wildman–Crippen MR) is 67.4 cm³/mol. The van der Waals surface area contributed by atoms with Gasteiger partial charge in [-0.15, -0.1) is 5.10 Å². The Morgan fingerprint density at radius 1 is 1.47 bits per heavy atom. The smallest absolute Gasteiger partial charge is 0.241 e. The standard InChI is InChI=1S/C12H14ClN3O/c1-2-10-11(7-14)15-16-12(10)17-9-5-3-4-8(13)6-9/h3-6H,2,7,14H2,1H3,(H,15,16). The van der Waals surface area contributed by atoms with Crippen LogP contribution in [0.3, 0.4) is 0 Å². The van der Waals surface area contributed by atoms with E-state index in [4.69, 9.17) is 22.1 Å². The van der Waals surface area contributed by atoms with Crippen LogP contribution in [0, 0.1) is 0 Å². The molecular weight excluding hydrogens is 238 g/mol. The average molecular weight is 252 g/mol. The molecule has 0 unspecified atom stereocenters. The summed E-state index contributed by atoms with van der Waals surface area (Å²) < 4.78 is 5.68. The number of ether oxygens (including phenoxy) is 1. The van der Waals surface area contributed by atoms with E-state index in [1.54, 1.807) is 12.1 Å². The Bertz CT molecular complexity index is 510. The number of H-pyrrole nitrogens is 1. The first kappa shape index (κ1) is 12.0. The molecule has 0 saturated carbocycles. The molecule has 0 saturated heterocycles. The molecule has 4 nitrogen and oxygen atoms in total. The Morgan fingerprint density at radius 3 is 2.94 bits per heavy atom. The maximum absolute atomic E-state index is 5.89. The van der Waals surface area contributed by atoms with Gasteiger partial charge in [0.15, 0.2) is 0 Å². The van der Waals surface area contributed by atoms with Crippen LogP contribution in [-0.2, 0) is 13.0 Å². The summed E-state index contributed by atoms with van der Waals surface area (Å²) in [5.74, 6) is 1.23. The van der Waals surface area contributed by atoms with Gasteiger partial charge in [0.05, 0.1) is 5.69 Å². The van der Waals surface area contributed by atoms with Crippen LogP contribution in [0.1, 0.15) is 18.2 Å². The first-order valence-electron chi connectivity index (χ1n) is 5.44. The molecule has 0 spiro atoms. The topological polar surface area (TPSA) is 63.9 Å². The number of nitrogens with two attached hydrogens (primary N) is 1. The highest BCUT2D eigenvalue weighted by Gasteiger charge is 2.12. The molecule has 1 heterocycles. The van der Waals surface area contributed by atoms with Crippen molar-refractivity contribution in [3.63, 3.8) is 0 Å². The third-order valence-electron chi connectivity index (χ3n) is 2.48. The fourth-order valence-electron chi connectivity index (χ4n) is 1.64. The van der Waals surface area contributed by atoms with Crippen molar-refractivity contribution in [2.75, 3.05) is 0 Å². The molecule has 2 aromatic rings. The summed E-state index contributed by atoms with van der Waals surface area (Å²) in [5.41, 5.74) is 7.52. The van der Waals surface area contributed by atoms with Crippen LogP contribution < -0.4 is 10.5 Å². The van der Waals surface area contributed by atoms with Gasteiger partial charge in [-0.3, -0.25) is 5.10 Å². The second kappa shape index (κ2) is 5.21. The molecule has 1 aromatic carbocycles. The number of nitrogens with one attached hydrogen (secondary N) is 1. The maximum atomic E-state index is 5.89. The molecule has 0 fully saturated rings. The van der Waals surface area contributed by atoms with Gasteiger partial charge in [-0.2, -0.15) is 0 Å². The van der Waals surface area contributed by atoms with Crippen molar-refractivity contribution in [1.82, 2.24) is 10.2 Å². The predicted octanol–water partition coefficient (Wildman–Crippen LogP) is 2.88. The van der Waals surface area contributed by atoms with Gasteiger partial charge >= 0.3 is 0 Å². The third kappa shape index (κ3) is 2.60. The van der Waals surface area contributed by atoms with Gasteiger partial charge in [-0.1, -0.05) is 24.6 Å². The van der Waals surface area contributed by atoms with Crippen LogP contribution in [0.4, 0.5) is 0 Å². The monoisotopic (exact) mass is 251 g/mol. The molecule has 0 amide bonds. The molecule has 0 atom stereocenters. The molecule has 0 aliphatic rings. The Morgan fingerprint density at radius 2 is 2.29 bits per heavy atom. The summed E-state index contributed by atoms with van der Waals surface area (Å²) in [6.07, 6.45) is 0.818. The normalized spacial score (nSPS) is 10.5. The van der Waals surface area contributed by atoms with Crippen LogP contribution in [0.5, 0.6) is 11.6 Å². The van der Waals surface area contributed by atoms with Gasteiger partial charge in [0, 0.05) is 17.1 Å². The first-order valence-corrected chi connectivity index (χ1v) is 5.82. The number of benzene rings is 1. The molecule has 0 aliphatic carbocycles. The van der Waals surface area contributed by atoms with Gasteiger partial charge in [0.1, 0.15) is 5.75 Å². The molecule has 2 rings (SSSR count). The van der Waals surface area contributed by atoms with E-state index in [0.29, 0.717) is 23.2 Å². The van der Waals surface area contributed by atoms with E-state index >= 15 is 0 Å². The number of nitrogens with zero attached hydrogens (tertiary/aromatic N) is 1. The van der Waals surface area contributed by atoms with Crippen LogP contribution in [0.15, 0.2) is 24.3 Å². The first-order chi connectivity index (χ1) is 8.24. The second-order valence-corrected chi connectivity index (χ2v) is 4.04. The molecule has 0 bridgehead atoms. The van der Waals surface area contributed by atoms with Crippen LogP contribution in [0.25, 0.3) is 0 Å². The molecule has 90 valence electrons. The molecule has 17 heavy (non-hydrogen) atoms. The summed E-state index contributed by atoms with van der Waals surface area (Å²) in [6.45, 7) is 2.46. The highest BCUT2D eigenvalue weighted by Crippen LogP contribution is 2.27. The highest BCUT2D eigenvalue weighted by molar-refractivity contribution is 6.30. The Labute approximate surface area is 105 Å². The lowest BCUT2D eigenvalue weighted by atomic mass is 10.2. The highest BCUT2D eigenvalue weighted by atomic mass is 35.5. The fraction of sp³-hybridized carbons (Fsp3) is 0.250. The average Bonchev–Trinajstić information content (AvgIpc) is 2.71. The summed E-state index contributed by atoms with van der Waals surface area (Å²) in [7, 11) is 0. The summed E-state index contributed by atoms with van der Waals surface area (Å²) >= 11 is 5.89. The molecule has 5 heteroatoms. The van der Waals surface area contributed by atoms with E-state index in [1.807, 2.05) is 19.1 Å². The van der Waals surface area contributed by atoms with Crippen LogP contribution in [-0.4, -0.2) is 10.2 Å². The lowest BCUT2D eigenvalue weighted by Crippen LogP contribution is -2.00. The van der Waals surface area contributed by atoms with Crippen molar-refractivity contribution in [2.45, 2.75) is 19.9 Å². The lowest BCUT2D eigenvalue weighted by molar-refractivity contribution is 0.456. The zero-order valence-corrected chi connectivity index (χ0v) is 10.3. The van der Waals surface area contributed by atoms with Crippen LogP contribution >= 0.6 is 11.6 Å². The van der Waals surface area contributed by atoms with Gasteiger partial charge < -0.3 is 10.5 Å². The van der Waals surface area contributed by atoms with Gasteiger partial charge in [-0.25, -0.2) is 0 Å². The van der Waals surface area contributed by atoms with Gasteiger partial charge in [0.2, 0.25) is 5.88 Å². The largest absolute Gasteiger partial charge is 0.437 e. The lowest BCUT2D eigenvalue weighted by Gasteiger charge is -2.05. The van der Waals surface area contributed by atoms with E-state index < -0.39 is 0 Å². The zero-order valence-electron chi connectivity index (χ0n) is 9.53. The molecular formula is C12H14ClN3O. The van der Waals surface area contributed by atoms with Crippen molar-refractivity contribution >= 4 is 11.6 Å². The number of hydrogen-bond donors (Lipinski definition) is 2. The van der Waals surface area contributed by atoms with Crippen molar-refractivity contribution in [2.24, 2.45) is 5.73 Å². The van der Waals surface area contributed by atoms with E-state index in [9.17, 15) is 0 Å². The van der Waals surface area contributed by atoms with E-state index in [-0.39, 0.29) is 0 Å². The zero-order chi connectivity index (χ0) is 12.3. The minimum atomic E-state index is 0.426. The Hall–Kier alpha value is -1.52. The fourth-order valence-corrected chi connectivity index (χ4v) is 1.82. The van der Waals surface area contributed by atoms with Crippen molar-refractivity contribution < 1.29 is 4.74 Å². The SMILES string of the molecule is CCc1c(Oc2cccc(Cl)c2)n[nH]c1CN. The Balaban J connectivity index is 2.27. The molecule has 3 N–H and O–H groups in total. The van der Waals surface area contributed by atoms with Gasteiger partial charge in [-0.05, 0) is 24.6 Å². The number of halogens is 1. The molecule has 0 aliphatic heterocycles. The maximum Gasteiger partial charge on any atom is 0.241 e. The molecule has 1 aromatic heterocycles. The van der Waals surface area contributed by atoms with Crippen molar-refractivity contribution in [1.29, 1.82) is 0 Å². The van der Waals surface area contributed by atoms with E-state index in [1.165, 1.54) is 0 Å². The molecule has 0 radical (unpaired) electrons. The number of aromatic nitrogens is 2. The van der Waals surface area contributed by atoms with E-state index in [0.717, 1.165) is 17.7 Å². The number of hydrogen-bond acceptors (Lipinski definition) is 3. The summed E-state index contributed by atoms with van der Waals surface area (Å²) in [6, 6.07) is 7.21. The number of aromatic amines is 1. The summed E-state index contributed by atoms with van der Waals surface area (Å²) in [4.78, 5) is 0. The number of rotatable bonds is 4.